The normalized spacial score (nSPS) is 9.77. The highest BCUT2D eigenvalue weighted by atomic mass is 35.5. The van der Waals surface area contributed by atoms with Crippen LogP contribution in [0.2, 0.25) is 5.15 Å². The van der Waals surface area contributed by atoms with Crippen LogP contribution < -0.4 is 4.74 Å². The lowest BCUT2D eigenvalue weighted by molar-refractivity contribution is -0.385. The van der Waals surface area contributed by atoms with Crippen molar-refractivity contribution in [3.63, 3.8) is 0 Å². The molecular weight excluding hydrogens is 196 g/mol. The monoisotopic (exact) mass is 202 g/mol. The number of hydrogen-bond donors (Lipinski definition) is 0. The van der Waals surface area contributed by atoms with Gasteiger partial charge in [0.1, 0.15) is 0 Å². The second-order valence-corrected chi connectivity index (χ2v) is 2.72. The van der Waals surface area contributed by atoms with E-state index in [1.807, 2.05) is 0 Å². The minimum atomic E-state index is -0.617. The lowest BCUT2D eigenvalue weighted by Gasteiger charge is -2.02. The first-order valence-electron chi connectivity index (χ1n) is 3.41. The number of nitro groups is 1. The van der Waals surface area contributed by atoms with E-state index >= 15 is 0 Å². The summed E-state index contributed by atoms with van der Waals surface area (Å²) in [4.78, 5) is 13.6. The van der Waals surface area contributed by atoms with Gasteiger partial charge in [-0.05, 0) is 6.92 Å². The number of rotatable bonds is 2. The first-order chi connectivity index (χ1) is 6.06. The fourth-order valence-corrected chi connectivity index (χ4v) is 1.22. The van der Waals surface area contributed by atoms with Gasteiger partial charge >= 0.3 is 5.69 Å². The smallest absolute Gasteiger partial charge is 0.347 e. The van der Waals surface area contributed by atoms with Crippen molar-refractivity contribution in [3.05, 3.63) is 27.0 Å². The van der Waals surface area contributed by atoms with E-state index in [1.165, 1.54) is 13.2 Å². The average molecular weight is 203 g/mol. The maximum Gasteiger partial charge on any atom is 0.347 e. The van der Waals surface area contributed by atoms with Gasteiger partial charge in [-0.15, -0.1) is 0 Å². The Kier molecular flexibility index (Phi) is 2.67. The van der Waals surface area contributed by atoms with Crippen LogP contribution in [-0.2, 0) is 0 Å². The van der Waals surface area contributed by atoms with E-state index in [1.54, 1.807) is 6.92 Å². The molecule has 70 valence electrons. The van der Waals surface area contributed by atoms with Gasteiger partial charge in [0.2, 0.25) is 10.9 Å². The van der Waals surface area contributed by atoms with Crippen LogP contribution in [0, 0.1) is 17.0 Å². The first-order valence-corrected chi connectivity index (χ1v) is 3.79. The fourth-order valence-electron chi connectivity index (χ4n) is 0.921. The van der Waals surface area contributed by atoms with Gasteiger partial charge in [-0.2, -0.15) is 0 Å². The predicted octanol–water partition coefficient (Wildman–Crippen LogP) is 1.96. The molecule has 0 amide bonds. The molecule has 0 radical (unpaired) electrons. The van der Waals surface area contributed by atoms with Gasteiger partial charge in [0.25, 0.3) is 0 Å². The molecule has 0 saturated carbocycles. The molecule has 1 aromatic rings. The van der Waals surface area contributed by atoms with Crippen LogP contribution in [0.3, 0.4) is 0 Å². The number of nitrogens with zero attached hydrogens (tertiary/aromatic N) is 2. The van der Waals surface area contributed by atoms with Gasteiger partial charge < -0.3 is 4.74 Å². The molecule has 1 heterocycles. The van der Waals surface area contributed by atoms with Crippen LogP contribution in [0.4, 0.5) is 5.69 Å². The molecule has 0 saturated heterocycles. The molecule has 0 N–H and O–H groups in total. The van der Waals surface area contributed by atoms with E-state index in [9.17, 15) is 10.1 Å². The van der Waals surface area contributed by atoms with Crippen LogP contribution >= 0.6 is 11.6 Å². The highest BCUT2D eigenvalue weighted by molar-refractivity contribution is 6.31. The summed E-state index contributed by atoms with van der Waals surface area (Å²) in [6.07, 6.45) is 0. The molecule has 0 bridgehead atoms. The van der Waals surface area contributed by atoms with Crippen molar-refractivity contribution in [2.75, 3.05) is 7.11 Å². The largest absolute Gasteiger partial charge is 0.490 e. The zero-order valence-electron chi connectivity index (χ0n) is 7.07. The zero-order chi connectivity index (χ0) is 10.0. The van der Waals surface area contributed by atoms with Crippen LogP contribution in [-0.4, -0.2) is 17.0 Å². The molecule has 0 spiro atoms. The second-order valence-electron chi connectivity index (χ2n) is 2.36. The van der Waals surface area contributed by atoms with Crippen LogP contribution in [0.5, 0.6) is 5.75 Å². The summed E-state index contributed by atoms with van der Waals surface area (Å²) in [5, 5.41) is 10.4. The Morgan fingerprint density at radius 1 is 1.69 bits per heavy atom. The average Bonchev–Trinajstić information content (AvgIpc) is 2.01. The van der Waals surface area contributed by atoms with Crippen molar-refractivity contribution in [2.45, 2.75) is 6.92 Å². The summed E-state index contributed by atoms with van der Waals surface area (Å²) in [6.45, 7) is 1.68. The maximum absolute atomic E-state index is 10.5. The second kappa shape index (κ2) is 3.57. The minimum Gasteiger partial charge on any atom is -0.490 e. The molecule has 0 aliphatic carbocycles. The molecule has 0 aliphatic rings. The number of aromatic nitrogens is 1. The third-order valence-electron chi connectivity index (χ3n) is 1.45. The number of aryl methyl sites for hydroxylation is 1. The topological polar surface area (TPSA) is 65.3 Å². The Morgan fingerprint density at radius 3 is 2.77 bits per heavy atom. The summed E-state index contributed by atoms with van der Waals surface area (Å²) in [6, 6.07) is 1.46. The maximum atomic E-state index is 10.5. The Morgan fingerprint density at radius 2 is 2.31 bits per heavy atom. The Labute approximate surface area is 79.5 Å². The molecule has 1 aromatic heterocycles. The molecule has 1 rings (SSSR count). The van der Waals surface area contributed by atoms with E-state index in [-0.39, 0.29) is 16.6 Å². The highest BCUT2D eigenvalue weighted by Gasteiger charge is 2.21. The molecule has 6 heteroatoms. The molecule has 0 atom stereocenters. The summed E-state index contributed by atoms with van der Waals surface area (Å²) in [5.74, 6) is 0.127. The number of halogens is 1. The Bertz CT molecular complexity index is 354. The van der Waals surface area contributed by atoms with Crippen molar-refractivity contribution >= 4 is 17.3 Å². The van der Waals surface area contributed by atoms with Crippen molar-refractivity contribution < 1.29 is 9.66 Å². The van der Waals surface area contributed by atoms with E-state index in [2.05, 4.69) is 4.98 Å². The van der Waals surface area contributed by atoms with Gasteiger partial charge in [-0.3, -0.25) is 10.1 Å². The molecule has 0 unspecified atom stereocenters. The van der Waals surface area contributed by atoms with Gasteiger partial charge in [-0.1, -0.05) is 11.6 Å². The van der Waals surface area contributed by atoms with Crippen molar-refractivity contribution in [3.8, 4) is 5.75 Å². The fraction of sp³-hybridized carbons (Fsp3) is 0.286. The molecule has 5 nitrogen and oxygen atoms in total. The standard InChI is InChI=1S/C7H7ClN2O3/c1-4-3-5(13-2)6(10(11)12)7(8)9-4/h3H,1-2H3. The lowest BCUT2D eigenvalue weighted by Crippen LogP contribution is -1.97. The number of hydrogen-bond acceptors (Lipinski definition) is 4. The van der Waals surface area contributed by atoms with Crippen molar-refractivity contribution in [1.29, 1.82) is 0 Å². The summed E-state index contributed by atoms with van der Waals surface area (Å²) in [7, 11) is 1.35. The molecule has 13 heavy (non-hydrogen) atoms. The van der Waals surface area contributed by atoms with Gasteiger partial charge in [0.05, 0.1) is 12.0 Å². The first kappa shape index (κ1) is 9.73. The predicted molar refractivity (Wildman–Crippen MR) is 47.2 cm³/mol. The molecule has 0 fully saturated rings. The van der Waals surface area contributed by atoms with Gasteiger partial charge in [-0.25, -0.2) is 4.98 Å². The van der Waals surface area contributed by atoms with E-state index in [0.717, 1.165) is 0 Å². The Hall–Kier alpha value is -1.36. The Balaban J connectivity index is 3.38. The highest BCUT2D eigenvalue weighted by Crippen LogP contribution is 2.33. The lowest BCUT2D eigenvalue weighted by atomic mass is 10.3. The van der Waals surface area contributed by atoms with Crippen LogP contribution in [0.1, 0.15) is 5.69 Å². The SMILES string of the molecule is COc1cc(C)nc(Cl)c1[N+](=O)[O-]. The minimum absolute atomic E-state index is 0.127. The molecule has 0 aromatic carbocycles. The molecule has 0 aliphatic heterocycles. The quantitative estimate of drug-likeness (QED) is 0.418. The van der Waals surface area contributed by atoms with Crippen LogP contribution in [0.25, 0.3) is 0 Å². The summed E-state index contributed by atoms with van der Waals surface area (Å²) >= 11 is 5.58. The summed E-state index contributed by atoms with van der Waals surface area (Å²) in [5.41, 5.74) is 0.280. The zero-order valence-corrected chi connectivity index (χ0v) is 7.83. The van der Waals surface area contributed by atoms with Crippen LogP contribution in [0.15, 0.2) is 6.07 Å². The van der Waals surface area contributed by atoms with E-state index in [0.29, 0.717) is 5.69 Å². The number of ether oxygens (including phenoxy) is 1. The van der Waals surface area contributed by atoms with Gasteiger partial charge in [0, 0.05) is 11.8 Å². The van der Waals surface area contributed by atoms with E-state index in [4.69, 9.17) is 16.3 Å². The van der Waals surface area contributed by atoms with Crippen molar-refractivity contribution in [1.82, 2.24) is 4.98 Å². The number of pyridine rings is 1. The van der Waals surface area contributed by atoms with E-state index < -0.39 is 4.92 Å². The number of methoxy groups -OCH3 is 1. The third kappa shape index (κ3) is 1.86. The summed E-state index contributed by atoms with van der Waals surface area (Å²) < 4.78 is 4.80. The third-order valence-corrected chi connectivity index (χ3v) is 1.71. The van der Waals surface area contributed by atoms with Crippen molar-refractivity contribution in [2.24, 2.45) is 0 Å². The molecular formula is C7H7ClN2O3. The van der Waals surface area contributed by atoms with Gasteiger partial charge in [0.15, 0.2) is 0 Å².